The van der Waals surface area contributed by atoms with Crippen LogP contribution in [0.3, 0.4) is 0 Å². The van der Waals surface area contributed by atoms with E-state index in [0.29, 0.717) is 46.2 Å². The summed E-state index contributed by atoms with van der Waals surface area (Å²) in [5.41, 5.74) is 0. The highest BCUT2D eigenvalue weighted by atomic mass is 16.6. The Labute approximate surface area is 665 Å². The van der Waals surface area contributed by atoms with Gasteiger partial charge in [-0.3, -0.25) is 0 Å². The average molecular weight is 1540 g/mol. The van der Waals surface area contributed by atoms with Gasteiger partial charge in [0.25, 0.3) is 0 Å². The summed E-state index contributed by atoms with van der Waals surface area (Å²) in [5, 5.41) is 0. The topological polar surface area (TPSA) is 197 Å². The van der Waals surface area contributed by atoms with E-state index in [1.165, 1.54) is 44.9 Å². The summed E-state index contributed by atoms with van der Waals surface area (Å²) < 4.78 is 46.6. The Morgan fingerprint density at radius 2 is 0.541 bits per heavy atom. The Hall–Kier alpha value is -7.35. The second kappa shape index (κ2) is 71.0. The highest BCUT2D eigenvalue weighted by Gasteiger charge is 2.28. The zero-order valence-corrected chi connectivity index (χ0v) is 73.7. The molecule has 1 heterocycles. The molecule has 0 amide bonds. The minimum absolute atomic E-state index is 0.256. The molecule has 0 saturated carbocycles. The van der Waals surface area contributed by atoms with Gasteiger partial charge in [-0.1, -0.05) is 91.9 Å². The SMILES string of the molecule is C#CC(=O)OCC[N+](CC)(CCC)CCC.C#CC(=O)OCC[N+](CC)(CCC)CCCC.CC#CC(=O)OCC[N+](C)(C)C.CC#CC(=O)OCC[N+](CC)(CC)CC.CC#CC(=O)OCC[N+](CC)(CCC)CCC.CC#CC(=O)OCC[N+](CC)(CCC)CCCC.C[N+](C)(C)CCOC(=O)c1ccco1. The monoisotopic (exact) mass is 1540 g/mol. The lowest BCUT2D eigenvalue weighted by atomic mass is 10.2. The van der Waals surface area contributed by atoms with Crippen molar-refractivity contribution >= 4 is 41.8 Å². The fraction of sp³-hybridized carbons (Fsp3) is 0.736. The molecule has 0 aromatic carbocycles. The number of nitrogens with zero attached hydrogens (tertiary/aromatic N) is 7. The van der Waals surface area contributed by atoms with E-state index in [1.807, 2.05) is 54.1 Å². The van der Waals surface area contributed by atoms with E-state index < -0.39 is 41.8 Å². The maximum atomic E-state index is 11.3. The smallest absolute Gasteiger partial charge is 0.384 e. The second-order valence-corrected chi connectivity index (χ2v) is 28.8. The van der Waals surface area contributed by atoms with Gasteiger partial charge in [0.15, 0.2) is 0 Å². The molecule has 1 aromatic rings. The molecule has 0 bridgehead atoms. The first-order valence-corrected chi connectivity index (χ1v) is 40.3. The lowest BCUT2D eigenvalue weighted by Crippen LogP contribution is -2.51. The minimum atomic E-state index is -0.554. The number of likely N-dealkylation sites (N-methyl/N-ethyl adjacent to an activating group) is 7. The van der Waals surface area contributed by atoms with Crippen molar-refractivity contribution in [2.45, 2.75) is 196 Å². The molecule has 0 saturated heterocycles. The molecule has 624 valence electrons. The molecule has 2 atom stereocenters. The van der Waals surface area contributed by atoms with E-state index in [0.717, 1.165) is 201 Å². The van der Waals surface area contributed by atoms with Crippen LogP contribution in [0.4, 0.5) is 0 Å². The molecular formula is C87H158N7O15+7. The number of unbranched alkanes of at least 4 members (excludes halogenated alkanes) is 2. The van der Waals surface area contributed by atoms with Crippen molar-refractivity contribution in [1.29, 1.82) is 0 Å². The maximum Gasteiger partial charge on any atom is 0.384 e. The number of furan rings is 1. The highest BCUT2D eigenvalue weighted by Crippen LogP contribution is 2.15. The van der Waals surface area contributed by atoms with Gasteiger partial charge < -0.3 is 69.0 Å². The van der Waals surface area contributed by atoms with Gasteiger partial charge in [0, 0.05) is 35.5 Å². The highest BCUT2D eigenvalue weighted by molar-refractivity contribution is 5.90. The summed E-state index contributed by atoms with van der Waals surface area (Å²) >= 11 is 0. The first kappa shape index (κ1) is 113. The maximum absolute atomic E-state index is 11.3. The van der Waals surface area contributed by atoms with Gasteiger partial charge in [-0.2, -0.15) is 0 Å². The van der Waals surface area contributed by atoms with Crippen LogP contribution in [0.15, 0.2) is 22.8 Å². The van der Waals surface area contributed by atoms with Gasteiger partial charge in [-0.25, -0.2) is 33.6 Å². The second-order valence-electron chi connectivity index (χ2n) is 28.8. The number of terminal acetylenes is 2. The number of carbonyl (C=O) groups excluding carboxylic acids is 7. The number of rotatable bonds is 47. The summed E-state index contributed by atoms with van der Waals surface area (Å²) in [5.74, 6) is 20.6. The molecule has 0 aliphatic heterocycles. The molecule has 109 heavy (non-hydrogen) atoms. The Morgan fingerprint density at radius 3 is 0.743 bits per heavy atom. The first-order chi connectivity index (χ1) is 51.6. The van der Waals surface area contributed by atoms with Crippen LogP contribution in [-0.2, 0) is 61.9 Å². The molecule has 0 aliphatic carbocycles. The van der Waals surface area contributed by atoms with Crippen LogP contribution in [0.5, 0.6) is 0 Å². The molecular weight excluding hydrogens is 1380 g/mol. The fourth-order valence-electron chi connectivity index (χ4n) is 11.8. The van der Waals surface area contributed by atoms with Crippen molar-refractivity contribution in [3.05, 3.63) is 24.2 Å². The predicted octanol–water partition coefficient (Wildman–Crippen LogP) is 11.7. The molecule has 0 fully saturated rings. The van der Waals surface area contributed by atoms with E-state index in [4.69, 9.17) is 50.4 Å². The third-order valence-corrected chi connectivity index (χ3v) is 18.7. The van der Waals surface area contributed by atoms with Crippen molar-refractivity contribution in [3.8, 4) is 72.1 Å². The lowest BCUT2D eigenvalue weighted by Gasteiger charge is -2.37. The number of quaternary nitrogens is 7. The number of esters is 7. The molecule has 1 aromatic heterocycles. The van der Waals surface area contributed by atoms with Crippen molar-refractivity contribution in [3.63, 3.8) is 0 Å². The summed E-state index contributed by atoms with van der Waals surface area (Å²) in [6.45, 7) is 65.4. The molecule has 0 radical (unpaired) electrons. The molecule has 0 N–H and O–H groups in total. The van der Waals surface area contributed by atoms with Crippen molar-refractivity contribution in [2.24, 2.45) is 0 Å². The van der Waals surface area contributed by atoms with Crippen LogP contribution in [0.2, 0.25) is 0 Å². The Kier molecular flexibility index (Phi) is 73.3. The zero-order valence-electron chi connectivity index (χ0n) is 73.7. The van der Waals surface area contributed by atoms with Crippen molar-refractivity contribution in [1.82, 2.24) is 0 Å². The molecule has 22 heteroatoms. The molecule has 1 rings (SSSR count). The third kappa shape index (κ3) is 64.1. The predicted molar refractivity (Wildman–Crippen MR) is 442 cm³/mol. The zero-order chi connectivity index (χ0) is 84.5. The number of carbonyl (C=O) groups is 7. The van der Waals surface area contributed by atoms with Crippen LogP contribution in [0.1, 0.15) is 206 Å². The van der Waals surface area contributed by atoms with Gasteiger partial charge in [-0.05, 0) is 140 Å². The van der Waals surface area contributed by atoms with E-state index >= 15 is 0 Å². The van der Waals surface area contributed by atoms with Gasteiger partial charge in [-0.15, -0.1) is 12.8 Å². The average Bonchev–Trinajstić information content (AvgIpc) is 1.85. The third-order valence-electron chi connectivity index (χ3n) is 18.7. The minimum Gasteiger partial charge on any atom is -0.457 e. The van der Waals surface area contributed by atoms with Crippen LogP contribution < -0.4 is 0 Å². The van der Waals surface area contributed by atoms with E-state index in [1.54, 1.807) is 39.8 Å². The van der Waals surface area contributed by atoms with Gasteiger partial charge in [0.05, 0.1) is 147 Å². The number of hydrogen-bond acceptors (Lipinski definition) is 15. The van der Waals surface area contributed by atoms with E-state index in [2.05, 4.69) is 151 Å². The van der Waals surface area contributed by atoms with Crippen molar-refractivity contribution < 1.29 is 103 Å². The van der Waals surface area contributed by atoms with E-state index in [-0.39, 0.29) is 5.76 Å². The largest absolute Gasteiger partial charge is 0.457 e. The fourth-order valence-corrected chi connectivity index (χ4v) is 11.8. The number of ether oxygens (including phenoxy) is 7. The Morgan fingerprint density at radius 1 is 0.312 bits per heavy atom. The van der Waals surface area contributed by atoms with E-state index in [9.17, 15) is 33.6 Å². The summed E-state index contributed by atoms with van der Waals surface area (Å²) in [4.78, 5) is 77.0. The number of hydrogen-bond donors (Lipinski definition) is 0. The lowest BCUT2D eigenvalue weighted by molar-refractivity contribution is -0.927. The molecule has 0 spiro atoms. The summed E-state index contributed by atoms with van der Waals surface area (Å²) in [6, 6.07) is 3.25. The van der Waals surface area contributed by atoms with Gasteiger partial charge in [0.2, 0.25) is 5.76 Å². The van der Waals surface area contributed by atoms with Gasteiger partial charge >= 0.3 is 41.8 Å². The molecule has 22 nitrogen and oxygen atoms in total. The first-order valence-electron chi connectivity index (χ1n) is 40.3. The normalized spacial score (nSPS) is 11.6. The quantitative estimate of drug-likeness (QED) is 0.0196. The summed E-state index contributed by atoms with van der Waals surface area (Å²) in [7, 11) is 12.3. The van der Waals surface area contributed by atoms with Crippen LogP contribution >= 0.6 is 0 Å². The molecule has 2 unspecified atom stereocenters. The van der Waals surface area contributed by atoms with Gasteiger partial charge in [0.1, 0.15) is 92.1 Å². The van der Waals surface area contributed by atoms with Crippen LogP contribution in [-0.4, -0.2) is 306 Å². The summed E-state index contributed by atoms with van der Waals surface area (Å²) in [6.07, 6.45) is 23.2. The van der Waals surface area contributed by atoms with Crippen molar-refractivity contribution in [2.75, 3.05) is 233 Å². The van der Waals surface area contributed by atoms with Crippen LogP contribution in [0.25, 0.3) is 0 Å². The van der Waals surface area contributed by atoms with Crippen LogP contribution in [0, 0.1) is 72.1 Å². The Bertz CT molecular complexity index is 2870. The standard InChI is InChI=1S/C15H28NO2.2C14H26NO2.C13H24NO2.C12H22NO2.C10H16NO3.C9H16NO2/c1-5-9-12-16(8-4,11-7-3)13-14-18-15(17)10-6-2;1-5-9-11-15(8-4,10-6-2)12-13-17-14(16)7-3;1-5-9-14(16)17-13-12-15(8-4,10-6-2)11-7-3;1-5-9-14(8-4,10-6-2)11-12-16-13(15)7-3;1-5-9-12(14)15-11-10-13(6-2,7-3)8-4;1-11(2,3)6-8-14-10(12)9-5-4-7-13-9;1-5-6-9(11)12-8-7-10(2,3)4/h5,7-9,11-14H2,1-4H3;3H,5-6,8-13H2,1-2,4H3;6-8,10-13H2,1-4H3;3H,5-6,8-12H2,1-2,4H3;6-8,10-11H2,1-4H3;4-5,7H,6,8H2,1-3H3;7-8H2,1-4H3/q7*+1. The molecule has 0 aliphatic rings. The Balaban J connectivity index is -0.000000285.